The average Bonchev–Trinajstić information content (AvgIpc) is 2.52. The number of nitrogens with zero attached hydrogens (tertiary/aromatic N) is 4. The van der Waals surface area contributed by atoms with E-state index < -0.39 is 12.1 Å². The van der Waals surface area contributed by atoms with Crippen LogP contribution < -0.4 is 0 Å². The van der Waals surface area contributed by atoms with E-state index in [4.69, 9.17) is 5.53 Å². The molecule has 14 heavy (non-hydrogen) atoms. The lowest BCUT2D eigenvalue weighted by atomic mass is 10.1. The van der Waals surface area contributed by atoms with Gasteiger partial charge in [-0.05, 0) is 18.5 Å². The second kappa shape index (κ2) is 4.52. The van der Waals surface area contributed by atoms with Gasteiger partial charge in [0.05, 0.1) is 5.92 Å². The molecule has 0 radical (unpaired) electrons. The maximum absolute atomic E-state index is 12.2. The van der Waals surface area contributed by atoms with Crippen LogP contribution in [0.4, 0.5) is 13.2 Å². The van der Waals surface area contributed by atoms with Crippen LogP contribution in [0.3, 0.4) is 0 Å². The smallest absolute Gasteiger partial charge is 0.303 e. The molecule has 80 valence electrons. The molecule has 0 saturated carbocycles. The lowest BCUT2D eigenvalue weighted by Crippen LogP contribution is -2.28. The zero-order valence-electron chi connectivity index (χ0n) is 7.54. The van der Waals surface area contributed by atoms with Gasteiger partial charge in [-0.15, -0.1) is 0 Å². The van der Waals surface area contributed by atoms with Crippen LogP contribution in [0, 0.1) is 5.92 Å². The molecular weight excluding hydrogens is 197 g/mol. The van der Waals surface area contributed by atoms with Crippen molar-refractivity contribution in [2.45, 2.75) is 12.6 Å². The minimum atomic E-state index is -4.09. The minimum absolute atomic E-state index is 0.0322. The molecular formula is C7H11F3N4. The van der Waals surface area contributed by atoms with Crippen LogP contribution in [-0.4, -0.2) is 37.3 Å². The van der Waals surface area contributed by atoms with Gasteiger partial charge in [-0.2, -0.15) is 13.2 Å². The fraction of sp³-hybridized carbons (Fsp3) is 1.00. The standard InChI is InChI=1S/C7H11F3N4/c8-7(9,10)6-1-3-14(5-6)4-2-12-13-11/h6H,1-5H2/t6-/m0/s1. The first-order chi connectivity index (χ1) is 6.54. The third-order valence-electron chi connectivity index (χ3n) is 2.31. The quantitative estimate of drug-likeness (QED) is 0.398. The van der Waals surface area contributed by atoms with Crippen LogP contribution in [-0.2, 0) is 0 Å². The summed E-state index contributed by atoms with van der Waals surface area (Å²) in [6, 6.07) is 0. The minimum Gasteiger partial charge on any atom is -0.303 e. The fourth-order valence-electron chi connectivity index (χ4n) is 1.53. The van der Waals surface area contributed by atoms with E-state index >= 15 is 0 Å². The molecule has 1 aliphatic heterocycles. The lowest BCUT2D eigenvalue weighted by molar-refractivity contribution is -0.170. The summed E-state index contributed by atoms with van der Waals surface area (Å²) < 4.78 is 36.6. The summed E-state index contributed by atoms with van der Waals surface area (Å²) >= 11 is 0. The molecule has 0 aliphatic carbocycles. The molecule has 0 spiro atoms. The van der Waals surface area contributed by atoms with Crippen molar-refractivity contribution >= 4 is 0 Å². The summed E-state index contributed by atoms with van der Waals surface area (Å²) in [4.78, 5) is 4.21. The molecule has 7 heteroatoms. The second-order valence-electron chi connectivity index (χ2n) is 3.28. The fourth-order valence-corrected chi connectivity index (χ4v) is 1.53. The van der Waals surface area contributed by atoms with Gasteiger partial charge in [-0.1, -0.05) is 5.11 Å². The first-order valence-corrected chi connectivity index (χ1v) is 4.34. The summed E-state index contributed by atoms with van der Waals surface area (Å²) in [7, 11) is 0. The van der Waals surface area contributed by atoms with Gasteiger partial charge in [0.1, 0.15) is 0 Å². The highest BCUT2D eigenvalue weighted by Crippen LogP contribution is 2.33. The molecule has 0 bridgehead atoms. The first-order valence-electron chi connectivity index (χ1n) is 4.34. The average molecular weight is 208 g/mol. The highest BCUT2D eigenvalue weighted by atomic mass is 19.4. The summed E-state index contributed by atoms with van der Waals surface area (Å²) in [6.07, 6.45) is -3.94. The van der Waals surface area contributed by atoms with E-state index in [2.05, 4.69) is 10.0 Å². The summed E-state index contributed by atoms with van der Waals surface area (Å²) in [5.74, 6) is -1.21. The number of hydrogen-bond donors (Lipinski definition) is 0. The molecule has 0 aromatic carbocycles. The van der Waals surface area contributed by atoms with Crippen molar-refractivity contribution in [3.05, 3.63) is 10.4 Å². The van der Waals surface area contributed by atoms with Crippen molar-refractivity contribution in [1.82, 2.24) is 4.90 Å². The van der Waals surface area contributed by atoms with Crippen LogP contribution in [0.1, 0.15) is 6.42 Å². The molecule has 0 unspecified atom stereocenters. The van der Waals surface area contributed by atoms with Gasteiger partial charge in [-0.25, -0.2) is 0 Å². The predicted molar refractivity (Wildman–Crippen MR) is 44.6 cm³/mol. The van der Waals surface area contributed by atoms with E-state index in [0.29, 0.717) is 13.1 Å². The molecule has 0 aromatic heterocycles. The Kier molecular flexibility index (Phi) is 3.60. The maximum atomic E-state index is 12.2. The van der Waals surface area contributed by atoms with Crippen LogP contribution >= 0.6 is 0 Å². The van der Waals surface area contributed by atoms with Crippen LogP contribution in [0.5, 0.6) is 0 Å². The van der Waals surface area contributed by atoms with Crippen LogP contribution in [0.25, 0.3) is 10.4 Å². The Bertz CT molecular complexity index is 234. The normalized spacial score (nSPS) is 23.5. The van der Waals surface area contributed by atoms with Crippen molar-refractivity contribution in [2.75, 3.05) is 26.2 Å². The zero-order chi connectivity index (χ0) is 10.6. The molecule has 1 rings (SSSR count). The number of rotatable bonds is 3. The molecule has 0 aromatic rings. The summed E-state index contributed by atoms with van der Waals surface area (Å²) in [6.45, 7) is 1.12. The van der Waals surface area contributed by atoms with E-state index in [9.17, 15) is 13.2 Å². The first kappa shape index (κ1) is 11.1. The van der Waals surface area contributed by atoms with Crippen molar-refractivity contribution in [3.8, 4) is 0 Å². The predicted octanol–water partition coefficient (Wildman–Crippen LogP) is 2.18. The van der Waals surface area contributed by atoms with Crippen molar-refractivity contribution < 1.29 is 13.2 Å². The Morgan fingerprint density at radius 3 is 2.71 bits per heavy atom. The lowest BCUT2D eigenvalue weighted by Gasteiger charge is -2.16. The number of likely N-dealkylation sites (tertiary alicyclic amines) is 1. The highest BCUT2D eigenvalue weighted by Gasteiger charge is 2.43. The van der Waals surface area contributed by atoms with E-state index in [1.165, 1.54) is 0 Å². The Labute approximate surface area is 79.3 Å². The second-order valence-corrected chi connectivity index (χ2v) is 3.28. The van der Waals surface area contributed by atoms with Crippen LogP contribution in [0.15, 0.2) is 5.11 Å². The Balaban J connectivity index is 2.30. The van der Waals surface area contributed by atoms with Crippen molar-refractivity contribution in [3.63, 3.8) is 0 Å². The van der Waals surface area contributed by atoms with Gasteiger partial charge < -0.3 is 4.90 Å². The van der Waals surface area contributed by atoms with Gasteiger partial charge in [-0.3, -0.25) is 0 Å². The third-order valence-corrected chi connectivity index (χ3v) is 2.31. The molecule has 1 aliphatic rings. The number of hydrogen-bond acceptors (Lipinski definition) is 2. The molecule has 4 nitrogen and oxygen atoms in total. The SMILES string of the molecule is [N-]=[N+]=NCCN1CC[C@H](C(F)(F)F)C1. The maximum Gasteiger partial charge on any atom is 0.393 e. The van der Waals surface area contributed by atoms with E-state index in [-0.39, 0.29) is 19.5 Å². The van der Waals surface area contributed by atoms with Crippen molar-refractivity contribution in [1.29, 1.82) is 0 Å². The van der Waals surface area contributed by atoms with Gasteiger partial charge in [0.25, 0.3) is 0 Å². The Hall–Kier alpha value is -0.940. The van der Waals surface area contributed by atoms with Gasteiger partial charge in [0, 0.05) is 24.5 Å². The molecule has 0 amide bonds. The zero-order valence-corrected chi connectivity index (χ0v) is 7.54. The molecule has 0 N–H and O–H groups in total. The van der Waals surface area contributed by atoms with Gasteiger partial charge in [0.2, 0.25) is 0 Å². The number of alkyl halides is 3. The largest absolute Gasteiger partial charge is 0.393 e. The Morgan fingerprint density at radius 2 is 2.21 bits per heavy atom. The third kappa shape index (κ3) is 3.08. The molecule has 1 heterocycles. The number of halogens is 3. The topological polar surface area (TPSA) is 52.0 Å². The number of azide groups is 1. The van der Waals surface area contributed by atoms with E-state index in [0.717, 1.165) is 0 Å². The molecule has 1 saturated heterocycles. The van der Waals surface area contributed by atoms with Gasteiger partial charge >= 0.3 is 6.18 Å². The Morgan fingerprint density at radius 1 is 1.50 bits per heavy atom. The summed E-state index contributed by atoms with van der Waals surface area (Å²) in [5, 5.41) is 3.28. The highest BCUT2D eigenvalue weighted by molar-refractivity contribution is 4.80. The van der Waals surface area contributed by atoms with Crippen LogP contribution in [0.2, 0.25) is 0 Å². The monoisotopic (exact) mass is 208 g/mol. The molecule has 1 atom stereocenters. The van der Waals surface area contributed by atoms with E-state index in [1.807, 2.05) is 0 Å². The molecule has 1 fully saturated rings. The van der Waals surface area contributed by atoms with Crippen molar-refractivity contribution in [2.24, 2.45) is 11.0 Å². The van der Waals surface area contributed by atoms with E-state index in [1.54, 1.807) is 4.90 Å². The summed E-state index contributed by atoms with van der Waals surface area (Å²) in [5.41, 5.74) is 7.98. The van der Waals surface area contributed by atoms with Gasteiger partial charge in [0.15, 0.2) is 0 Å².